The Morgan fingerprint density at radius 2 is 2.00 bits per heavy atom. The van der Waals surface area contributed by atoms with E-state index >= 15 is 0 Å². The molecule has 0 heterocycles. The van der Waals surface area contributed by atoms with Gasteiger partial charge in [0, 0.05) is 12.5 Å². The Bertz CT molecular complexity index is 605. The van der Waals surface area contributed by atoms with E-state index in [1.165, 1.54) is 13.1 Å². The number of benzene rings is 2. The Labute approximate surface area is 105 Å². The monoisotopic (exact) mass is 243 g/mol. The molecule has 0 aliphatic rings. The third kappa shape index (κ3) is 2.48. The van der Waals surface area contributed by atoms with Gasteiger partial charge in [-0.15, -0.1) is 0 Å². The first-order chi connectivity index (χ1) is 8.72. The van der Waals surface area contributed by atoms with Gasteiger partial charge >= 0.3 is 5.97 Å². The highest BCUT2D eigenvalue weighted by Gasteiger charge is 2.06. The van der Waals surface area contributed by atoms with Crippen molar-refractivity contribution in [2.45, 2.75) is 6.92 Å². The molecule has 0 radical (unpaired) electrons. The summed E-state index contributed by atoms with van der Waals surface area (Å²) in [4.78, 5) is 15.3. The summed E-state index contributed by atoms with van der Waals surface area (Å²) in [6, 6.07) is 11.7. The molecule has 0 aliphatic carbocycles. The van der Waals surface area contributed by atoms with Crippen LogP contribution in [0.15, 0.2) is 41.6 Å². The molecule has 0 unspecified atom stereocenters. The molecule has 4 nitrogen and oxygen atoms in total. The van der Waals surface area contributed by atoms with E-state index in [0.717, 1.165) is 16.3 Å². The smallest absolute Gasteiger partial charge is 0.331 e. The molecule has 18 heavy (non-hydrogen) atoms. The second-order valence-corrected chi connectivity index (χ2v) is 3.72. The number of hydrogen-bond donors (Lipinski definition) is 0. The van der Waals surface area contributed by atoms with Gasteiger partial charge in [-0.1, -0.05) is 35.5 Å². The normalized spacial score (nSPS) is 10.8. The van der Waals surface area contributed by atoms with Crippen LogP contribution in [0.25, 0.3) is 10.8 Å². The number of oxime groups is 1. The van der Waals surface area contributed by atoms with Crippen molar-refractivity contribution in [1.29, 1.82) is 0 Å². The van der Waals surface area contributed by atoms with Gasteiger partial charge in [-0.25, -0.2) is 4.79 Å². The van der Waals surface area contributed by atoms with E-state index < -0.39 is 5.97 Å². The lowest BCUT2D eigenvalue weighted by molar-refractivity contribution is -0.140. The zero-order valence-electron chi connectivity index (χ0n) is 10.2. The summed E-state index contributed by atoms with van der Waals surface area (Å²) in [6.45, 7) is 1.30. The SMILES string of the molecule is COc1ccc2ccccc2c1C=NOC(C)=O. The van der Waals surface area contributed by atoms with Crippen LogP contribution < -0.4 is 4.74 Å². The quantitative estimate of drug-likeness (QED) is 0.473. The maximum Gasteiger partial charge on any atom is 0.331 e. The van der Waals surface area contributed by atoms with Crippen LogP contribution in [0, 0.1) is 0 Å². The van der Waals surface area contributed by atoms with Gasteiger partial charge in [0.25, 0.3) is 0 Å². The van der Waals surface area contributed by atoms with Crippen molar-refractivity contribution in [3.8, 4) is 5.75 Å². The average Bonchev–Trinajstić information content (AvgIpc) is 2.38. The summed E-state index contributed by atoms with van der Waals surface area (Å²) in [5, 5.41) is 5.71. The number of rotatable bonds is 3. The van der Waals surface area contributed by atoms with Crippen LogP contribution in [0.3, 0.4) is 0 Å². The molecule has 0 saturated carbocycles. The summed E-state index contributed by atoms with van der Waals surface area (Å²) in [6.07, 6.45) is 1.49. The number of nitrogens with zero attached hydrogens (tertiary/aromatic N) is 1. The van der Waals surface area contributed by atoms with E-state index in [-0.39, 0.29) is 0 Å². The highest BCUT2D eigenvalue weighted by atomic mass is 16.7. The van der Waals surface area contributed by atoms with Crippen molar-refractivity contribution in [2.75, 3.05) is 7.11 Å². The van der Waals surface area contributed by atoms with Crippen LogP contribution in [0.2, 0.25) is 0 Å². The fraction of sp³-hybridized carbons (Fsp3) is 0.143. The molecule has 0 amide bonds. The Hall–Kier alpha value is -2.36. The van der Waals surface area contributed by atoms with Crippen LogP contribution in [-0.2, 0) is 9.63 Å². The van der Waals surface area contributed by atoms with E-state index in [2.05, 4.69) is 9.99 Å². The fourth-order valence-electron chi connectivity index (χ4n) is 1.74. The van der Waals surface area contributed by atoms with E-state index in [4.69, 9.17) is 4.74 Å². The lowest BCUT2D eigenvalue weighted by Gasteiger charge is -2.07. The van der Waals surface area contributed by atoms with E-state index in [9.17, 15) is 4.79 Å². The van der Waals surface area contributed by atoms with Crippen molar-refractivity contribution in [3.63, 3.8) is 0 Å². The van der Waals surface area contributed by atoms with Crippen molar-refractivity contribution in [2.24, 2.45) is 5.16 Å². The van der Waals surface area contributed by atoms with E-state index in [1.54, 1.807) is 7.11 Å². The second-order valence-electron chi connectivity index (χ2n) is 3.72. The van der Waals surface area contributed by atoms with Gasteiger partial charge in [0.05, 0.1) is 13.3 Å². The number of fused-ring (bicyclic) bond motifs is 1. The maximum atomic E-state index is 10.7. The molecule has 0 fully saturated rings. The van der Waals surface area contributed by atoms with Crippen molar-refractivity contribution < 1.29 is 14.4 Å². The number of carbonyl (C=O) groups is 1. The van der Waals surface area contributed by atoms with Gasteiger partial charge in [0.2, 0.25) is 0 Å². The number of methoxy groups -OCH3 is 1. The molecule has 2 aromatic rings. The lowest BCUT2D eigenvalue weighted by Crippen LogP contribution is -1.95. The van der Waals surface area contributed by atoms with Gasteiger partial charge < -0.3 is 9.57 Å². The Morgan fingerprint density at radius 1 is 1.22 bits per heavy atom. The van der Waals surface area contributed by atoms with E-state index in [0.29, 0.717) is 5.75 Å². The minimum absolute atomic E-state index is 0.453. The molecule has 0 aliphatic heterocycles. The highest BCUT2D eigenvalue weighted by molar-refractivity contribution is 6.02. The standard InChI is InChI=1S/C14H13NO3/c1-10(16)18-15-9-13-12-6-4-3-5-11(12)7-8-14(13)17-2/h3-9H,1-2H3. The van der Waals surface area contributed by atoms with Gasteiger partial charge in [-0.05, 0) is 16.8 Å². The average molecular weight is 243 g/mol. The van der Waals surface area contributed by atoms with Crippen LogP contribution in [0.5, 0.6) is 5.75 Å². The molecular formula is C14H13NO3. The molecule has 0 spiro atoms. The van der Waals surface area contributed by atoms with Crippen molar-refractivity contribution in [3.05, 3.63) is 42.0 Å². The Balaban J connectivity index is 2.51. The summed E-state index contributed by atoms with van der Waals surface area (Å²) >= 11 is 0. The van der Waals surface area contributed by atoms with Gasteiger partial charge in [-0.2, -0.15) is 0 Å². The third-order valence-corrected chi connectivity index (χ3v) is 2.51. The minimum atomic E-state index is -0.453. The largest absolute Gasteiger partial charge is 0.496 e. The molecular weight excluding hydrogens is 230 g/mol. The molecule has 4 heteroatoms. The first-order valence-corrected chi connectivity index (χ1v) is 5.49. The topological polar surface area (TPSA) is 47.9 Å². The maximum absolute atomic E-state index is 10.7. The predicted octanol–water partition coefficient (Wildman–Crippen LogP) is 2.75. The third-order valence-electron chi connectivity index (χ3n) is 2.51. The highest BCUT2D eigenvalue weighted by Crippen LogP contribution is 2.26. The molecule has 2 rings (SSSR count). The minimum Gasteiger partial charge on any atom is -0.496 e. The van der Waals surface area contributed by atoms with Crippen LogP contribution in [0.4, 0.5) is 0 Å². The predicted molar refractivity (Wildman–Crippen MR) is 69.9 cm³/mol. The Morgan fingerprint density at radius 3 is 2.72 bits per heavy atom. The Kier molecular flexibility index (Phi) is 3.57. The molecule has 0 aromatic heterocycles. The number of carbonyl (C=O) groups excluding carboxylic acids is 1. The van der Waals surface area contributed by atoms with Gasteiger partial charge in [-0.3, -0.25) is 0 Å². The molecule has 0 bridgehead atoms. The molecule has 0 N–H and O–H groups in total. The van der Waals surface area contributed by atoms with Gasteiger partial charge in [0.15, 0.2) is 0 Å². The molecule has 92 valence electrons. The zero-order chi connectivity index (χ0) is 13.0. The summed E-state index contributed by atoms with van der Waals surface area (Å²) < 4.78 is 5.28. The number of hydrogen-bond acceptors (Lipinski definition) is 4. The summed E-state index contributed by atoms with van der Waals surface area (Å²) in [5.41, 5.74) is 0.789. The zero-order valence-corrected chi connectivity index (χ0v) is 10.2. The van der Waals surface area contributed by atoms with Crippen LogP contribution >= 0.6 is 0 Å². The number of ether oxygens (including phenoxy) is 1. The van der Waals surface area contributed by atoms with Gasteiger partial charge in [0.1, 0.15) is 5.75 Å². The first-order valence-electron chi connectivity index (χ1n) is 5.49. The van der Waals surface area contributed by atoms with Crippen molar-refractivity contribution >= 4 is 23.0 Å². The van der Waals surface area contributed by atoms with Crippen molar-refractivity contribution in [1.82, 2.24) is 0 Å². The molecule has 2 aromatic carbocycles. The van der Waals surface area contributed by atoms with Crippen LogP contribution in [0.1, 0.15) is 12.5 Å². The van der Waals surface area contributed by atoms with Crippen LogP contribution in [-0.4, -0.2) is 19.3 Å². The lowest BCUT2D eigenvalue weighted by atomic mass is 10.0. The molecule has 0 atom stereocenters. The van der Waals surface area contributed by atoms with E-state index in [1.807, 2.05) is 36.4 Å². The molecule has 0 saturated heterocycles. The second kappa shape index (κ2) is 5.31. The summed E-state index contributed by atoms with van der Waals surface area (Å²) in [7, 11) is 1.59. The fourth-order valence-corrected chi connectivity index (χ4v) is 1.74. The first kappa shape index (κ1) is 12.1. The summed E-state index contributed by atoms with van der Waals surface area (Å²) in [5.74, 6) is 0.232.